The molecule has 5 rings (SSSR count). The summed E-state index contributed by atoms with van der Waals surface area (Å²) in [7, 11) is 0. The molecule has 0 aliphatic rings. The molecular formula is C29H30N4OS. The molecule has 0 radical (unpaired) electrons. The van der Waals surface area contributed by atoms with Crippen LogP contribution in [0.5, 0.6) is 5.75 Å². The molecule has 0 bridgehead atoms. The SMILES string of the molecule is CCC(C)c1ccccc1OCCCn1cc(C=NNc2nc3ccccc3s2)c2ccccc21. The van der Waals surface area contributed by atoms with Gasteiger partial charge in [-0.2, -0.15) is 5.10 Å². The summed E-state index contributed by atoms with van der Waals surface area (Å²) in [6, 6.07) is 25.0. The van der Waals surface area contributed by atoms with Crippen molar-refractivity contribution in [3.63, 3.8) is 0 Å². The molecule has 0 amide bonds. The summed E-state index contributed by atoms with van der Waals surface area (Å²) in [6.07, 6.45) is 6.08. The minimum absolute atomic E-state index is 0.498. The molecule has 0 aliphatic carbocycles. The average Bonchev–Trinajstić information content (AvgIpc) is 3.47. The number of aromatic nitrogens is 2. The molecule has 178 valence electrons. The van der Waals surface area contributed by atoms with Crippen molar-refractivity contribution in [1.29, 1.82) is 0 Å². The number of fused-ring (bicyclic) bond motifs is 2. The van der Waals surface area contributed by atoms with Crippen LogP contribution in [0.25, 0.3) is 21.1 Å². The van der Waals surface area contributed by atoms with Crippen molar-refractivity contribution in [1.82, 2.24) is 9.55 Å². The van der Waals surface area contributed by atoms with Crippen molar-refractivity contribution in [2.75, 3.05) is 12.0 Å². The first-order valence-corrected chi connectivity index (χ1v) is 13.0. The lowest BCUT2D eigenvalue weighted by Gasteiger charge is -2.15. The molecule has 35 heavy (non-hydrogen) atoms. The number of hydrogen-bond acceptors (Lipinski definition) is 5. The van der Waals surface area contributed by atoms with Gasteiger partial charge in [0.25, 0.3) is 0 Å². The van der Waals surface area contributed by atoms with E-state index in [9.17, 15) is 0 Å². The number of hydrazone groups is 1. The van der Waals surface area contributed by atoms with Crippen LogP contribution in [0.2, 0.25) is 0 Å². The highest BCUT2D eigenvalue weighted by atomic mass is 32.1. The quantitative estimate of drug-likeness (QED) is 0.126. The predicted octanol–water partition coefficient (Wildman–Crippen LogP) is 7.68. The van der Waals surface area contributed by atoms with E-state index < -0.39 is 0 Å². The number of nitrogens with zero attached hydrogens (tertiary/aromatic N) is 3. The highest BCUT2D eigenvalue weighted by molar-refractivity contribution is 7.22. The van der Waals surface area contributed by atoms with Crippen LogP contribution in [-0.2, 0) is 6.54 Å². The third kappa shape index (κ3) is 5.23. The van der Waals surface area contributed by atoms with Crippen molar-refractivity contribution in [3.05, 3.63) is 90.1 Å². The Hall–Kier alpha value is -3.64. The molecule has 1 atom stereocenters. The van der Waals surface area contributed by atoms with E-state index in [1.54, 1.807) is 11.3 Å². The summed E-state index contributed by atoms with van der Waals surface area (Å²) in [5.41, 5.74) is 7.66. The van der Waals surface area contributed by atoms with E-state index in [-0.39, 0.29) is 0 Å². The molecule has 5 nitrogen and oxygen atoms in total. The summed E-state index contributed by atoms with van der Waals surface area (Å²) >= 11 is 1.60. The minimum Gasteiger partial charge on any atom is -0.493 e. The van der Waals surface area contributed by atoms with Crippen molar-refractivity contribution in [3.8, 4) is 5.75 Å². The Morgan fingerprint density at radius 2 is 1.86 bits per heavy atom. The van der Waals surface area contributed by atoms with E-state index in [4.69, 9.17) is 4.74 Å². The second kappa shape index (κ2) is 10.7. The van der Waals surface area contributed by atoms with Crippen molar-refractivity contribution < 1.29 is 4.74 Å². The van der Waals surface area contributed by atoms with Gasteiger partial charge in [0.1, 0.15) is 5.75 Å². The molecule has 0 aliphatic heterocycles. The fourth-order valence-electron chi connectivity index (χ4n) is 4.30. The second-order valence-corrected chi connectivity index (χ2v) is 9.73. The number of aryl methyl sites for hydroxylation is 1. The summed E-state index contributed by atoms with van der Waals surface area (Å²) in [4.78, 5) is 4.58. The first-order chi connectivity index (χ1) is 17.2. The normalized spacial score (nSPS) is 12.5. The Morgan fingerprint density at radius 3 is 2.74 bits per heavy atom. The number of benzene rings is 3. The zero-order chi connectivity index (χ0) is 24.0. The molecule has 1 unspecified atom stereocenters. The Balaban J connectivity index is 1.25. The van der Waals surface area contributed by atoms with Crippen LogP contribution < -0.4 is 10.2 Å². The Kier molecular flexibility index (Phi) is 7.09. The monoisotopic (exact) mass is 482 g/mol. The molecule has 2 aromatic heterocycles. The standard InChI is InChI=1S/C29H30N4OS/c1-3-21(2)23-11-5-8-15-27(23)34-18-10-17-33-20-22(24-12-4-7-14-26(24)33)19-30-32-29-31-25-13-6-9-16-28(25)35-29/h4-9,11-16,19-21H,3,10,17-18H2,1-2H3,(H,31,32). The Morgan fingerprint density at radius 1 is 1.06 bits per heavy atom. The molecule has 5 aromatic rings. The number of rotatable bonds is 10. The van der Waals surface area contributed by atoms with E-state index in [0.717, 1.165) is 46.0 Å². The van der Waals surface area contributed by atoms with E-state index >= 15 is 0 Å². The summed E-state index contributed by atoms with van der Waals surface area (Å²) in [6.45, 7) is 6.03. The lowest BCUT2D eigenvalue weighted by Crippen LogP contribution is -2.06. The third-order valence-electron chi connectivity index (χ3n) is 6.34. The number of anilines is 1. The molecular weight excluding hydrogens is 452 g/mol. The van der Waals surface area contributed by atoms with Crippen LogP contribution in [-0.4, -0.2) is 22.4 Å². The van der Waals surface area contributed by atoms with Gasteiger partial charge < -0.3 is 9.30 Å². The van der Waals surface area contributed by atoms with E-state index in [1.165, 1.54) is 16.5 Å². The fraction of sp³-hybridized carbons (Fsp3) is 0.241. The summed E-state index contributed by atoms with van der Waals surface area (Å²) in [5.74, 6) is 1.51. The molecule has 3 aromatic carbocycles. The van der Waals surface area contributed by atoms with Gasteiger partial charge in [0.15, 0.2) is 0 Å². The number of ether oxygens (including phenoxy) is 1. The van der Waals surface area contributed by atoms with Crippen molar-refractivity contribution in [2.45, 2.75) is 39.2 Å². The minimum atomic E-state index is 0.498. The lowest BCUT2D eigenvalue weighted by atomic mass is 9.98. The summed E-state index contributed by atoms with van der Waals surface area (Å²) < 4.78 is 9.62. The molecule has 1 N–H and O–H groups in total. The molecule has 0 saturated heterocycles. The van der Waals surface area contributed by atoms with E-state index in [0.29, 0.717) is 12.5 Å². The molecule has 2 heterocycles. The van der Waals surface area contributed by atoms with Crippen LogP contribution in [0.4, 0.5) is 5.13 Å². The van der Waals surface area contributed by atoms with Gasteiger partial charge in [-0.25, -0.2) is 4.98 Å². The number of hydrogen-bond donors (Lipinski definition) is 1. The molecule has 6 heteroatoms. The van der Waals surface area contributed by atoms with Crippen molar-refractivity contribution in [2.24, 2.45) is 5.10 Å². The van der Waals surface area contributed by atoms with Crippen molar-refractivity contribution >= 4 is 43.8 Å². The zero-order valence-corrected chi connectivity index (χ0v) is 21.0. The van der Waals surface area contributed by atoms with Gasteiger partial charge in [0, 0.05) is 29.2 Å². The highest BCUT2D eigenvalue weighted by Crippen LogP contribution is 2.29. The van der Waals surface area contributed by atoms with Gasteiger partial charge in [-0.3, -0.25) is 5.43 Å². The van der Waals surface area contributed by atoms with Gasteiger partial charge in [0.2, 0.25) is 5.13 Å². The van der Waals surface area contributed by atoms with Crippen LogP contribution in [0, 0.1) is 0 Å². The van der Waals surface area contributed by atoms with Crippen LogP contribution in [0.3, 0.4) is 0 Å². The molecule has 0 fully saturated rings. The van der Waals surface area contributed by atoms with Crippen LogP contribution >= 0.6 is 11.3 Å². The molecule has 0 saturated carbocycles. The van der Waals surface area contributed by atoms with E-state index in [2.05, 4.69) is 94.7 Å². The average molecular weight is 483 g/mol. The third-order valence-corrected chi connectivity index (χ3v) is 7.28. The molecule has 0 spiro atoms. The lowest BCUT2D eigenvalue weighted by molar-refractivity contribution is 0.298. The maximum atomic E-state index is 6.18. The Labute approximate surface area is 210 Å². The smallest absolute Gasteiger partial charge is 0.204 e. The largest absolute Gasteiger partial charge is 0.493 e. The summed E-state index contributed by atoms with van der Waals surface area (Å²) in [5, 5.41) is 6.45. The second-order valence-electron chi connectivity index (χ2n) is 8.70. The number of para-hydroxylation sites is 3. The Bertz CT molecular complexity index is 1420. The van der Waals surface area contributed by atoms with Crippen LogP contribution in [0.15, 0.2) is 84.1 Å². The predicted molar refractivity (Wildman–Crippen MR) is 148 cm³/mol. The van der Waals surface area contributed by atoms with Gasteiger partial charge in [-0.05, 0) is 48.6 Å². The zero-order valence-electron chi connectivity index (χ0n) is 20.1. The van der Waals surface area contributed by atoms with E-state index in [1.807, 2.05) is 24.4 Å². The topological polar surface area (TPSA) is 51.4 Å². The first kappa shape index (κ1) is 23.1. The van der Waals surface area contributed by atoms with Gasteiger partial charge in [0.05, 0.1) is 23.0 Å². The fourth-order valence-corrected chi connectivity index (χ4v) is 5.11. The van der Waals surface area contributed by atoms with Gasteiger partial charge in [-0.15, -0.1) is 0 Å². The number of thiazole rings is 1. The number of nitrogens with one attached hydrogen (secondary N) is 1. The first-order valence-electron chi connectivity index (χ1n) is 12.2. The highest BCUT2D eigenvalue weighted by Gasteiger charge is 2.10. The van der Waals surface area contributed by atoms with Crippen LogP contribution in [0.1, 0.15) is 43.7 Å². The van der Waals surface area contributed by atoms with Gasteiger partial charge >= 0.3 is 0 Å². The van der Waals surface area contributed by atoms with Gasteiger partial charge in [-0.1, -0.05) is 73.7 Å². The maximum Gasteiger partial charge on any atom is 0.204 e. The maximum absolute atomic E-state index is 6.18.